The van der Waals surface area contributed by atoms with Crippen LogP contribution in [0.2, 0.25) is 0 Å². The van der Waals surface area contributed by atoms with Crippen LogP contribution in [0.3, 0.4) is 0 Å². The number of likely N-dealkylation sites (tertiary alicyclic amines) is 1. The largest absolute Gasteiger partial charge is 0.481 e. The molecule has 1 unspecified atom stereocenters. The molecule has 1 aromatic rings. The zero-order valence-corrected chi connectivity index (χ0v) is 13.6. The Balaban J connectivity index is 1.46. The molecule has 0 aromatic heterocycles. The summed E-state index contributed by atoms with van der Waals surface area (Å²) in [5, 5.41) is 12.0. The van der Waals surface area contributed by atoms with Gasteiger partial charge in [-0.2, -0.15) is 0 Å². The first kappa shape index (κ1) is 16.7. The number of carbonyl (C=O) groups is 2. The molecule has 3 rings (SSSR count). The molecule has 1 saturated heterocycles. The molecule has 2 aliphatic rings. The number of benzene rings is 1. The molecule has 1 aliphatic carbocycles. The van der Waals surface area contributed by atoms with Gasteiger partial charge in [0.25, 0.3) is 0 Å². The van der Waals surface area contributed by atoms with Gasteiger partial charge in [0.2, 0.25) is 0 Å². The minimum atomic E-state index is -0.829. The van der Waals surface area contributed by atoms with Crippen LogP contribution in [-0.2, 0) is 4.79 Å². The minimum Gasteiger partial charge on any atom is -0.481 e. The van der Waals surface area contributed by atoms with Gasteiger partial charge in [-0.1, -0.05) is 12.1 Å². The summed E-state index contributed by atoms with van der Waals surface area (Å²) >= 11 is 0. The highest BCUT2D eigenvalue weighted by Gasteiger charge is 2.32. The predicted octanol–water partition coefficient (Wildman–Crippen LogP) is 2.97. The van der Waals surface area contributed by atoms with Crippen molar-refractivity contribution in [1.82, 2.24) is 10.2 Å². The number of halogens is 1. The minimum absolute atomic E-state index is 0.137. The maximum absolute atomic E-state index is 13.0. The second kappa shape index (κ2) is 7.20. The van der Waals surface area contributed by atoms with Crippen molar-refractivity contribution in [3.63, 3.8) is 0 Å². The molecule has 0 bridgehead atoms. The van der Waals surface area contributed by atoms with Gasteiger partial charge >= 0.3 is 12.0 Å². The lowest BCUT2D eigenvalue weighted by Gasteiger charge is -2.30. The second-order valence-electron chi connectivity index (χ2n) is 6.82. The number of amides is 2. The van der Waals surface area contributed by atoms with E-state index in [9.17, 15) is 14.0 Å². The van der Waals surface area contributed by atoms with Crippen LogP contribution in [0.15, 0.2) is 24.3 Å². The molecule has 1 heterocycles. The van der Waals surface area contributed by atoms with E-state index < -0.39 is 11.9 Å². The fourth-order valence-corrected chi connectivity index (χ4v) is 3.72. The summed E-state index contributed by atoms with van der Waals surface area (Å²) < 4.78 is 13.0. The topological polar surface area (TPSA) is 69.6 Å². The molecule has 2 N–H and O–H groups in total. The number of aliphatic carboxylic acids is 1. The molecule has 0 radical (unpaired) electrons. The predicted molar refractivity (Wildman–Crippen MR) is 87.2 cm³/mol. The van der Waals surface area contributed by atoms with Crippen LogP contribution in [0.25, 0.3) is 0 Å². The number of hydrogen-bond donors (Lipinski definition) is 2. The Kier molecular flexibility index (Phi) is 5.02. The van der Waals surface area contributed by atoms with Crippen molar-refractivity contribution in [2.75, 3.05) is 13.1 Å². The maximum atomic E-state index is 13.0. The van der Waals surface area contributed by atoms with Crippen molar-refractivity contribution < 1.29 is 19.1 Å². The van der Waals surface area contributed by atoms with E-state index in [0.29, 0.717) is 25.4 Å². The molecule has 1 atom stereocenters. The Hall–Kier alpha value is -2.11. The SMILES string of the molecule is O=C(O)C1CCN(C(=O)NC2CCC(c3ccc(F)cc3)CC2)C1. The lowest BCUT2D eigenvalue weighted by atomic mass is 9.82. The van der Waals surface area contributed by atoms with E-state index in [-0.39, 0.29) is 17.9 Å². The van der Waals surface area contributed by atoms with Crippen molar-refractivity contribution in [3.8, 4) is 0 Å². The highest BCUT2D eigenvalue weighted by molar-refractivity contribution is 5.77. The van der Waals surface area contributed by atoms with Gasteiger partial charge in [-0.05, 0) is 55.7 Å². The van der Waals surface area contributed by atoms with E-state index in [1.165, 1.54) is 12.1 Å². The summed E-state index contributed by atoms with van der Waals surface area (Å²) in [5.41, 5.74) is 1.16. The number of nitrogens with one attached hydrogen (secondary N) is 1. The van der Waals surface area contributed by atoms with E-state index in [4.69, 9.17) is 5.11 Å². The zero-order valence-electron chi connectivity index (χ0n) is 13.6. The molecule has 24 heavy (non-hydrogen) atoms. The van der Waals surface area contributed by atoms with Gasteiger partial charge in [0, 0.05) is 19.1 Å². The lowest BCUT2D eigenvalue weighted by molar-refractivity contribution is -0.141. The molecule has 1 aliphatic heterocycles. The number of hydrogen-bond acceptors (Lipinski definition) is 2. The fourth-order valence-electron chi connectivity index (χ4n) is 3.72. The highest BCUT2D eigenvalue weighted by Crippen LogP contribution is 2.33. The third-order valence-electron chi connectivity index (χ3n) is 5.22. The van der Waals surface area contributed by atoms with Crippen LogP contribution >= 0.6 is 0 Å². The molecular weight excluding hydrogens is 311 g/mol. The third-order valence-corrected chi connectivity index (χ3v) is 5.22. The first-order valence-electron chi connectivity index (χ1n) is 8.56. The molecular formula is C18H23FN2O3. The molecule has 6 heteroatoms. The van der Waals surface area contributed by atoms with Gasteiger partial charge < -0.3 is 15.3 Å². The normalized spacial score (nSPS) is 27.0. The molecule has 130 valence electrons. The van der Waals surface area contributed by atoms with Crippen LogP contribution in [0.4, 0.5) is 9.18 Å². The van der Waals surface area contributed by atoms with Crippen LogP contribution in [0.5, 0.6) is 0 Å². The summed E-state index contributed by atoms with van der Waals surface area (Å²) in [6.07, 6.45) is 4.25. The van der Waals surface area contributed by atoms with Gasteiger partial charge in [0.15, 0.2) is 0 Å². The Morgan fingerprint density at radius 1 is 1.08 bits per heavy atom. The van der Waals surface area contributed by atoms with Gasteiger partial charge in [-0.25, -0.2) is 9.18 Å². The Bertz CT molecular complexity index is 597. The fraction of sp³-hybridized carbons (Fsp3) is 0.556. The maximum Gasteiger partial charge on any atom is 0.317 e. The Morgan fingerprint density at radius 2 is 1.75 bits per heavy atom. The van der Waals surface area contributed by atoms with Crippen molar-refractivity contribution in [3.05, 3.63) is 35.6 Å². The number of carbonyl (C=O) groups excluding carboxylic acids is 1. The lowest BCUT2D eigenvalue weighted by Crippen LogP contribution is -2.45. The average molecular weight is 334 g/mol. The summed E-state index contributed by atoms with van der Waals surface area (Å²) in [6.45, 7) is 0.805. The molecule has 2 amide bonds. The Morgan fingerprint density at radius 3 is 2.33 bits per heavy atom. The first-order valence-corrected chi connectivity index (χ1v) is 8.56. The molecule has 2 fully saturated rings. The number of rotatable bonds is 3. The first-order chi connectivity index (χ1) is 11.5. The second-order valence-corrected chi connectivity index (χ2v) is 6.82. The van der Waals surface area contributed by atoms with Gasteiger partial charge in [0.1, 0.15) is 5.82 Å². The van der Waals surface area contributed by atoms with Crippen molar-refractivity contribution >= 4 is 12.0 Å². The summed E-state index contributed by atoms with van der Waals surface area (Å²) in [5.74, 6) is -1.07. The quantitative estimate of drug-likeness (QED) is 0.893. The monoisotopic (exact) mass is 334 g/mol. The van der Waals surface area contributed by atoms with Crippen molar-refractivity contribution in [2.45, 2.75) is 44.1 Å². The zero-order chi connectivity index (χ0) is 17.1. The molecule has 5 nitrogen and oxygen atoms in total. The number of carboxylic acids is 1. The smallest absolute Gasteiger partial charge is 0.317 e. The van der Waals surface area contributed by atoms with Gasteiger partial charge in [-0.3, -0.25) is 4.79 Å². The van der Waals surface area contributed by atoms with Crippen LogP contribution in [0.1, 0.15) is 43.6 Å². The van der Waals surface area contributed by atoms with E-state index in [0.717, 1.165) is 31.2 Å². The number of urea groups is 1. The number of nitrogens with zero attached hydrogens (tertiary/aromatic N) is 1. The van der Waals surface area contributed by atoms with Crippen LogP contribution in [0, 0.1) is 11.7 Å². The van der Waals surface area contributed by atoms with E-state index in [1.807, 2.05) is 12.1 Å². The van der Waals surface area contributed by atoms with Gasteiger partial charge in [0.05, 0.1) is 5.92 Å². The number of carboxylic acid groups (broad SMARTS) is 1. The van der Waals surface area contributed by atoms with Crippen LogP contribution in [-0.4, -0.2) is 41.1 Å². The molecule has 1 saturated carbocycles. The van der Waals surface area contributed by atoms with E-state index in [2.05, 4.69) is 5.32 Å². The standard InChI is InChI=1S/C18H23FN2O3/c19-15-5-1-12(2-6-15)13-3-7-16(8-4-13)20-18(24)21-10-9-14(11-21)17(22)23/h1-2,5-6,13-14,16H,3-4,7-11H2,(H,20,24)(H,22,23). The summed E-state index contributed by atoms with van der Waals surface area (Å²) in [4.78, 5) is 24.8. The summed E-state index contributed by atoms with van der Waals surface area (Å²) in [7, 11) is 0. The average Bonchev–Trinajstić information content (AvgIpc) is 3.07. The highest BCUT2D eigenvalue weighted by atomic mass is 19.1. The van der Waals surface area contributed by atoms with Crippen molar-refractivity contribution in [2.24, 2.45) is 5.92 Å². The van der Waals surface area contributed by atoms with Gasteiger partial charge in [-0.15, -0.1) is 0 Å². The van der Waals surface area contributed by atoms with E-state index >= 15 is 0 Å². The molecule has 1 aromatic carbocycles. The molecule has 0 spiro atoms. The van der Waals surface area contributed by atoms with E-state index in [1.54, 1.807) is 4.90 Å². The van der Waals surface area contributed by atoms with Crippen LogP contribution < -0.4 is 5.32 Å². The third kappa shape index (κ3) is 3.86. The summed E-state index contributed by atoms with van der Waals surface area (Å²) in [6, 6.07) is 6.66. The van der Waals surface area contributed by atoms with Crippen molar-refractivity contribution in [1.29, 1.82) is 0 Å². The Labute approximate surface area is 140 Å².